The molecule has 2 rings (SSSR count). The Bertz CT molecular complexity index is 444. The predicted octanol–water partition coefficient (Wildman–Crippen LogP) is 2.40. The van der Waals surface area contributed by atoms with E-state index in [1.54, 1.807) is 6.07 Å². The Morgan fingerprint density at radius 2 is 2.29 bits per heavy atom. The predicted molar refractivity (Wildman–Crippen MR) is 56.2 cm³/mol. The van der Waals surface area contributed by atoms with E-state index < -0.39 is 0 Å². The summed E-state index contributed by atoms with van der Waals surface area (Å²) < 4.78 is 18.3. The summed E-state index contributed by atoms with van der Waals surface area (Å²) in [6, 6.07) is 6.34. The van der Waals surface area contributed by atoms with Crippen molar-refractivity contribution in [1.29, 1.82) is 0 Å². The standard InChI is InChI=1S/C9H6FIN2O/c10-7-3-1-2-6(4-7)5-8-12-9(11)13-14-8/h1-4H,5H2. The summed E-state index contributed by atoms with van der Waals surface area (Å²) >= 11 is 1.96. The molecule has 0 aliphatic rings. The van der Waals surface area contributed by atoms with Gasteiger partial charge >= 0.3 is 0 Å². The van der Waals surface area contributed by atoms with Crippen LogP contribution in [0.3, 0.4) is 0 Å². The van der Waals surface area contributed by atoms with Gasteiger partial charge in [-0.3, -0.25) is 0 Å². The van der Waals surface area contributed by atoms with Gasteiger partial charge in [0, 0.05) is 22.6 Å². The van der Waals surface area contributed by atoms with Crippen LogP contribution in [0.2, 0.25) is 0 Å². The van der Waals surface area contributed by atoms with E-state index >= 15 is 0 Å². The summed E-state index contributed by atoms with van der Waals surface area (Å²) in [5, 5.41) is 3.64. The summed E-state index contributed by atoms with van der Waals surface area (Å²) in [6.45, 7) is 0. The quantitative estimate of drug-likeness (QED) is 0.800. The van der Waals surface area contributed by atoms with E-state index in [4.69, 9.17) is 4.52 Å². The van der Waals surface area contributed by atoms with Crippen LogP contribution in [0.15, 0.2) is 28.8 Å². The van der Waals surface area contributed by atoms with Crippen LogP contribution in [-0.2, 0) is 6.42 Å². The van der Waals surface area contributed by atoms with E-state index in [0.29, 0.717) is 16.1 Å². The molecule has 0 N–H and O–H groups in total. The van der Waals surface area contributed by atoms with Crippen molar-refractivity contribution in [2.45, 2.75) is 6.42 Å². The van der Waals surface area contributed by atoms with Crippen molar-refractivity contribution >= 4 is 22.6 Å². The fourth-order valence-corrected chi connectivity index (χ4v) is 1.49. The molecule has 0 fully saturated rings. The molecule has 3 nitrogen and oxygen atoms in total. The van der Waals surface area contributed by atoms with Gasteiger partial charge < -0.3 is 4.52 Å². The van der Waals surface area contributed by atoms with E-state index in [0.717, 1.165) is 5.56 Å². The summed E-state index contributed by atoms with van der Waals surface area (Å²) in [4.78, 5) is 4.02. The first-order valence-electron chi connectivity index (χ1n) is 3.96. The summed E-state index contributed by atoms with van der Waals surface area (Å²) in [7, 11) is 0. The van der Waals surface area contributed by atoms with Crippen molar-refractivity contribution in [1.82, 2.24) is 10.1 Å². The molecule has 0 saturated heterocycles. The van der Waals surface area contributed by atoms with Crippen molar-refractivity contribution in [2.75, 3.05) is 0 Å². The highest BCUT2D eigenvalue weighted by Gasteiger charge is 2.04. The van der Waals surface area contributed by atoms with Gasteiger partial charge in [-0.2, -0.15) is 4.98 Å². The highest BCUT2D eigenvalue weighted by Crippen LogP contribution is 2.09. The minimum absolute atomic E-state index is 0.253. The monoisotopic (exact) mass is 304 g/mol. The highest BCUT2D eigenvalue weighted by molar-refractivity contribution is 14.1. The maximum atomic E-state index is 12.8. The molecular formula is C9H6FIN2O. The lowest BCUT2D eigenvalue weighted by Crippen LogP contribution is -1.89. The minimum atomic E-state index is -0.253. The van der Waals surface area contributed by atoms with E-state index in [9.17, 15) is 4.39 Å². The van der Waals surface area contributed by atoms with Crippen LogP contribution >= 0.6 is 22.6 Å². The molecule has 0 aliphatic heterocycles. The van der Waals surface area contributed by atoms with Crippen LogP contribution in [0.1, 0.15) is 11.5 Å². The number of benzene rings is 1. The lowest BCUT2D eigenvalue weighted by atomic mass is 10.1. The van der Waals surface area contributed by atoms with Crippen molar-refractivity contribution in [2.24, 2.45) is 0 Å². The number of aromatic nitrogens is 2. The molecule has 0 saturated carbocycles. The molecular weight excluding hydrogens is 298 g/mol. The van der Waals surface area contributed by atoms with E-state index in [1.165, 1.54) is 12.1 Å². The molecule has 0 spiro atoms. The SMILES string of the molecule is Fc1cccc(Cc2nc(I)no2)c1. The number of halogens is 2. The zero-order valence-corrected chi connectivity index (χ0v) is 9.23. The molecule has 0 radical (unpaired) electrons. The molecule has 0 aliphatic carbocycles. The Labute approximate surface area is 93.5 Å². The van der Waals surface area contributed by atoms with E-state index in [2.05, 4.69) is 10.1 Å². The third-order valence-corrected chi connectivity index (χ3v) is 2.13. The summed E-state index contributed by atoms with van der Waals surface area (Å²) in [5.74, 6) is 0.247. The van der Waals surface area contributed by atoms with Gasteiger partial charge in [0.2, 0.25) is 9.72 Å². The zero-order valence-electron chi connectivity index (χ0n) is 7.08. The Kier molecular flexibility index (Phi) is 2.76. The smallest absolute Gasteiger partial charge is 0.232 e. The van der Waals surface area contributed by atoms with E-state index in [-0.39, 0.29) is 5.82 Å². The lowest BCUT2D eigenvalue weighted by molar-refractivity contribution is 0.381. The van der Waals surface area contributed by atoms with Gasteiger partial charge in [0.1, 0.15) is 5.82 Å². The maximum absolute atomic E-state index is 12.8. The number of rotatable bonds is 2. The van der Waals surface area contributed by atoms with Crippen LogP contribution in [0.25, 0.3) is 0 Å². The topological polar surface area (TPSA) is 38.9 Å². The van der Waals surface area contributed by atoms with Gasteiger partial charge in [-0.05, 0) is 17.7 Å². The highest BCUT2D eigenvalue weighted by atomic mass is 127. The third-order valence-electron chi connectivity index (χ3n) is 1.69. The number of hydrogen-bond acceptors (Lipinski definition) is 3. The molecule has 1 aromatic carbocycles. The van der Waals surface area contributed by atoms with Crippen LogP contribution in [0.5, 0.6) is 0 Å². The minimum Gasteiger partial charge on any atom is -0.338 e. The van der Waals surface area contributed by atoms with Gasteiger partial charge in [0.15, 0.2) is 0 Å². The molecule has 0 amide bonds. The number of nitrogens with zero attached hydrogens (tertiary/aromatic N) is 2. The van der Waals surface area contributed by atoms with Crippen LogP contribution in [0, 0.1) is 9.65 Å². The fraction of sp³-hybridized carbons (Fsp3) is 0.111. The van der Waals surface area contributed by atoms with Gasteiger partial charge in [-0.1, -0.05) is 17.3 Å². The summed E-state index contributed by atoms with van der Waals surface area (Å²) in [6.07, 6.45) is 0.466. The van der Waals surface area contributed by atoms with Gasteiger partial charge in [-0.15, -0.1) is 0 Å². The van der Waals surface area contributed by atoms with Gasteiger partial charge in [0.05, 0.1) is 6.42 Å². The first-order chi connectivity index (χ1) is 6.74. The lowest BCUT2D eigenvalue weighted by Gasteiger charge is -1.95. The largest absolute Gasteiger partial charge is 0.338 e. The maximum Gasteiger partial charge on any atom is 0.232 e. The Balaban J connectivity index is 2.18. The number of hydrogen-bond donors (Lipinski definition) is 0. The van der Waals surface area contributed by atoms with Crippen LogP contribution in [0.4, 0.5) is 4.39 Å². The molecule has 14 heavy (non-hydrogen) atoms. The second kappa shape index (κ2) is 4.04. The molecule has 1 heterocycles. The third kappa shape index (κ3) is 2.28. The van der Waals surface area contributed by atoms with Crippen molar-refractivity contribution in [3.63, 3.8) is 0 Å². The average Bonchev–Trinajstić information content (AvgIpc) is 2.51. The first kappa shape index (κ1) is 9.57. The van der Waals surface area contributed by atoms with Crippen molar-refractivity contribution in [3.05, 3.63) is 45.4 Å². The molecule has 0 unspecified atom stereocenters. The second-order valence-corrected chi connectivity index (χ2v) is 3.73. The average molecular weight is 304 g/mol. The second-order valence-electron chi connectivity index (χ2n) is 2.76. The van der Waals surface area contributed by atoms with Gasteiger partial charge in [-0.25, -0.2) is 4.39 Å². The normalized spacial score (nSPS) is 10.4. The molecule has 0 bridgehead atoms. The molecule has 2 aromatic rings. The van der Waals surface area contributed by atoms with Crippen molar-refractivity contribution in [3.8, 4) is 0 Å². The molecule has 72 valence electrons. The van der Waals surface area contributed by atoms with E-state index in [1.807, 2.05) is 28.7 Å². The molecule has 1 aromatic heterocycles. The Hall–Kier alpha value is -0.980. The Morgan fingerprint density at radius 1 is 1.43 bits per heavy atom. The van der Waals surface area contributed by atoms with Crippen molar-refractivity contribution < 1.29 is 8.91 Å². The van der Waals surface area contributed by atoms with Crippen LogP contribution < -0.4 is 0 Å². The first-order valence-corrected chi connectivity index (χ1v) is 5.04. The Morgan fingerprint density at radius 3 is 2.93 bits per heavy atom. The summed E-state index contributed by atoms with van der Waals surface area (Å²) in [5.41, 5.74) is 0.824. The fourth-order valence-electron chi connectivity index (χ4n) is 1.13. The van der Waals surface area contributed by atoms with Crippen LogP contribution in [-0.4, -0.2) is 10.1 Å². The molecule has 0 atom stereocenters. The molecule has 5 heteroatoms. The zero-order chi connectivity index (χ0) is 9.97. The van der Waals surface area contributed by atoms with Gasteiger partial charge in [0.25, 0.3) is 0 Å².